The predicted octanol–water partition coefficient (Wildman–Crippen LogP) is 3.60. The second kappa shape index (κ2) is 3.50. The van der Waals surface area contributed by atoms with Gasteiger partial charge in [-0.2, -0.15) is 0 Å². The van der Waals surface area contributed by atoms with Crippen molar-refractivity contribution in [3.05, 3.63) is 26.7 Å². The van der Waals surface area contributed by atoms with Crippen LogP contribution in [0, 0.1) is 0 Å². The van der Waals surface area contributed by atoms with E-state index in [1.54, 1.807) is 7.11 Å². The minimum atomic E-state index is 0.704. The van der Waals surface area contributed by atoms with Crippen molar-refractivity contribution >= 4 is 27.5 Å². The normalized spacial score (nSPS) is 14.4. The van der Waals surface area contributed by atoms with Crippen molar-refractivity contribution in [2.75, 3.05) is 7.11 Å². The number of hydrogen-bond donors (Lipinski definition) is 0. The van der Waals surface area contributed by atoms with Crippen LogP contribution < -0.4 is 4.74 Å². The van der Waals surface area contributed by atoms with Crippen molar-refractivity contribution in [3.63, 3.8) is 0 Å². The van der Waals surface area contributed by atoms with Gasteiger partial charge in [0.2, 0.25) is 0 Å². The summed E-state index contributed by atoms with van der Waals surface area (Å²) in [7, 11) is 1.65. The predicted molar refractivity (Wildman–Crippen MR) is 57.7 cm³/mol. The van der Waals surface area contributed by atoms with E-state index in [2.05, 4.69) is 15.9 Å². The Morgan fingerprint density at radius 1 is 1.46 bits per heavy atom. The molecule has 0 saturated heterocycles. The molecule has 3 heteroatoms. The van der Waals surface area contributed by atoms with Gasteiger partial charge in [0.15, 0.2) is 5.75 Å². The van der Waals surface area contributed by atoms with Crippen LogP contribution in [0.5, 0.6) is 5.75 Å². The summed E-state index contributed by atoms with van der Waals surface area (Å²) in [5.41, 5.74) is 2.72. The van der Waals surface area contributed by atoms with Crippen molar-refractivity contribution in [2.24, 2.45) is 0 Å². The molecule has 70 valence electrons. The molecule has 0 aromatic heterocycles. The lowest BCUT2D eigenvalue weighted by molar-refractivity contribution is 0.412. The van der Waals surface area contributed by atoms with Crippen molar-refractivity contribution < 1.29 is 4.74 Å². The van der Waals surface area contributed by atoms with E-state index < -0.39 is 0 Å². The molecule has 2 rings (SSSR count). The fraction of sp³-hybridized carbons (Fsp3) is 0.400. The average Bonchev–Trinajstić information content (AvgIpc) is 2.53. The van der Waals surface area contributed by atoms with Gasteiger partial charge in [0.05, 0.1) is 16.6 Å². The van der Waals surface area contributed by atoms with Gasteiger partial charge in [-0.15, -0.1) is 0 Å². The molecule has 1 aromatic rings. The molecule has 1 aliphatic rings. The summed E-state index contributed by atoms with van der Waals surface area (Å²) in [5.74, 6) is 0.766. The minimum Gasteiger partial charge on any atom is -0.494 e. The highest BCUT2D eigenvalue weighted by Gasteiger charge is 2.19. The first-order valence-electron chi connectivity index (χ1n) is 4.27. The maximum Gasteiger partial charge on any atom is 0.151 e. The zero-order valence-electron chi connectivity index (χ0n) is 7.36. The number of ether oxygens (including phenoxy) is 1. The molecular formula is C10H10BrClO. The molecule has 1 aliphatic carbocycles. The van der Waals surface area contributed by atoms with Gasteiger partial charge in [0, 0.05) is 0 Å². The van der Waals surface area contributed by atoms with Gasteiger partial charge in [-0.25, -0.2) is 0 Å². The number of fused-ring (bicyclic) bond motifs is 1. The van der Waals surface area contributed by atoms with Crippen LogP contribution >= 0.6 is 27.5 Å². The van der Waals surface area contributed by atoms with Crippen LogP contribution in [0.1, 0.15) is 17.5 Å². The summed E-state index contributed by atoms with van der Waals surface area (Å²) in [6.07, 6.45) is 3.48. The lowest BCUT2D eigenvalue weighted by Crippen LogP contribution is -1.91. The minimum absolute atomic E-state index is 0.704. The van der Waals surface area contributed by atoms with E-state index in [0.29, 0.717) is 5.02 Å². The Labute approximate surface area is 91.2 Å². The molecule has 0 atom stereocenters. The van der Waals surface area contributed by atoms with Gasteiger partial charge >= 0.3 is 0 Å². The zero-order chi connectivity index (χ0) is 9.42. The third-order valence-electron chi connectivity index (χ3n) is 2.45. The van der Waals surface area contributed by atoms with E-state index in [0.717, 1.165) is 23.1 Å². The number of methoxy groups -OCH3 is 1. The monoisotopic (exact) mass is 260 g/mol. The first-order valence-corrected chi connectivity index (χ1v) is 5.45. The van der Waals surface area contributed by atoms with Gasteiger partial charge in [0.25, 0.3) is 0 Å². The zero-order valence-corrected chi connectivity index (χ0v) is 9.70. The number of aryl methyl sites for hydroxylation is 1. The highest BCUT2D eigenvalue weighted by Crippen LogP contribution is 2.41. The largest absolute Gasteiger partial charge is 0.494 e. The van der Waals surface area contributed by atoms with Crippen LogP contribution in [0.4, 0.5) is 0 Å². The Balaban J connectivity index is 2.62. The standard InChI is InChI=1S/C10H10BrClO/c1-13-10-8(12)5-6-3-2-4-7(6)9(10)11/h5H,2-4H2,1H3. The third kappa shape index (κ3) is 1.46. The first kappa shape index (κ1) is 9.35. The fourth-order valence-electron chi connectivity index (χ4n) is 1.82. The second-order valence-electron chi connectivity index (χ2n) is 3.20. The molecule has 0 bridgehead atoms. The lowest BCUT2D eigenvalue weighted by Gasteiger charge is -2.10. The Kier molecular flexibility index (Phi) is 2.52. The summed E-state index contributed by atoms with van der Waals surface area (Å²) in [6, 6.07) is 2.02. The van der Waals surface area contributed by atoms with E-state index >= 15 is 0 Å². The molecule has 0 N–H and O–H groups in total. The lowest BCUT2D eigenvalue weighted by atomic mass is 10.1. The Bertz CT molecular complexity index is 346. The van der Waals surface area contributed by atoms with Crippen molar-refractivity contribution in [1.29, 1.82) is 0 Å². The fourth-order valence-corrected chi connectivity index (χ4v) is 3.07. The molecule has 0 spiro atoms. The van der Waals surface area contributed by atoms with Gasteiger partial charge < -0.3 is 4.74 Å². The molecule has 1 nitrogen and oxygen atoms in total. The molecule has 0 unspecified atom stereocenters. The van der Waals surface area contributed by atoms with E-state index in [9.17, 15) is 0 Å². The third-order valence-corrected chi connectivity index (χ3v) is 3.57. The topological polar surface area (TPSA) is 9.23 Å². The summed E-state index contributed by atoms with van der Waals surface area (Å²) in [4.78, 5) is 0. The maximum atomic E-state index is 6.06. The van der Waals surface area contributed by atoms with Gasteiger partial charge in [-0.3, -0.25) is 0 Å². The summed E-state index contributed by atoms with van der Waals surface area (Å²) < 4.78 is 6.26. The summed E-state index contributed by atoms with van der Waals surface area (Å²) >= 11 is 9.59. The Morgan fingerprint density at radius 2 is 2.23 bits per heavy atom. The van der Waals surface area contributed by atoms with Crippen LogP contribution in [0.25, 0.3) is 0 Å². The summed E-state index contributed by atoms with van der Waals surface area (Å²) in [6.45, 7) is 0. The number of hydrogen-bond acceptors (Lipinski definition) is 1. The molecule has 13 heavy (non-hydrogen) atoms. The second-order valence-corrected chi connectivity index (χ2v) is 4.40. The van der Waals surface area contributed by atoms with Gasteiger partial charge in [-0.05, 0) is 52.4 Å². The Morgan fingerprint density at radius 3 is 2.92 bits per heavy atom. The van der Waals surface area contributed by atoms with Crippen LogP contribution in [0.15, 0.2) is 10.5 Å². The van der Waals surface area contributed by atoms with Crippen LogP contribution in [0.3, 0.4) is 0 Å². The van der Waals surface area contributed by atoms with Crippen molar-refractivity contribution in [3.8, 4) is 5.75 Å². The summed E-state index contributed by atoms with van der Waals surface area (Å²) in [5, 5.41) is 0.704. The average molecular weight is 262 g/mol. The SMILES string of the molecule is COc1c(Cl)cc2c(c1Br)CCC2. The van der Waals surface area contributed by atoms with Crippen LogP contribution in [0.2, 0.25) is 5.02 Å². The highest BCUT2D eigenvalue weighted by atomic mass is 79.9. The maximum absolute atomic E-state index is 6.06. The van der Waals surface area contributed by atoms with Gasteiger partial charge in [-0.1, -0.05) is 11.6 Å². The number of halogens is 2. The molecule has 1 aromatic carbocycles. The molecule has 0 amide bonds. The molecule has 0 fully saturated rings. The number of rotatable bonds is 1. The van der Waals surface area contributed by atoms with E-state index in [1.165, 1.54) is 17.5 Å². The molecule has 0 radical (unpaired) electrons. The highest BCUT2D eigenvalue weighted by molar-refractivity contribution is 9.10. The van der Waals surface area contributed by atoms with Gasteiger partial charge in [0.1, 0.15) is 0 Å². The molecule has 0 heterocycles. The van der Waals surface area contributed by atoms with Crippen LogP contribution in [-0.2, 0) is 12.8 Å². The number of benzene rings is 1. The molecular weight excluding hydrogens is 251 g/mol. The van der Waals surface area contributed by atoms with E-state index in [4.69, 9.17) is 16.3 Å². The van der Waals surface area contributed by atoms with E-state index in [1.807, 2.05) is 6.07 Å². The first-order chi connectivity index (χ1) is 6.24. The Hall–Kier alpha value is -0.210. The quantitative estimate of drug-likeness (QED) is 0.750. The van der Waals surface area contributed by atoms with Crippen LogP contribution in [-0.4, -0.2) is 7.11 Å². The van der Waals surface area contributed by atoms with Crippen molar-refractivity contribution in [1.82, 2.24) is 0 Å². The van der Waals surface area contributed by atoms with Crippen molar-refractivity contribution in [2.45, 2.75) is 19.3 Å². The molecule has 0 aliphatic heterocycles. The van der Waals surface area contributed by atoms with E-state index in [-0.39, 0.29) is 0 Å². The smallest absolute Gasteiger partial charge is 0.151 e. The molecule has 0 saturated carbocycles.